The van der Waals surface area contributed by atoms with E-state index in [0.717, 1.165) is 12.0 Å². The molecule has 1 aliphatic heterocycles. The van der Waals surface area contributed by atoms with E-state index < -0.39 is 16.1 Å². The summed E-state index contributed by atoms with van der Waals surface area (Å²) in [5.74, 6) is 1.28. The molecule has 2 aromatic carbocycles. The fourth-order valence-electron chi connectivity index (χ4n) is 3.38. The van der Waals surface area contributed by atoms with Crippen LogP contribution in [0.2, 0.25) is 0 Å². The SMILES string of the molecule is CC(C)[C@H](NS(=O)(=O)c1ccc2[nH]c(=O)[nH]c2c1)c1ccc2c(c1)OCCCO2. The predicted molar refractivity (Wildman–Crippen MR) is 109 cm³/mol. The van der Waals surface area contributed by atoms with Crippen molar-refractivity contribution in [3.8, 4) is 11.5 Å². The van der Waals surface area contributed by atoms with Gasteiger partial charge in [-0.1, -0.05) is 19.9 Å². The van der Waals surface area contributed by atoms with Gasteiger partial charge in [-0.2, -0.15) is 0 Å². The summed E-state index contributed by atoms with van der Waals surface area (Å²) in [6.45, 7) is 5.05. The van der Waals surface area contributed by atoms with E-state index in [1.807, 2.05) is 32.0 Å². The van der Waals surface area contributed by atoms with Gasteiger partial charge in [0.15, 0.2) is 11.5 Å². The van der Waals surface area contributed by atoms with E-state index in [2.05, 4.69) is 14.7 Å². The van der Waals surface area contributed by atoms with Gasteiger partial charge in [0.05, 0.1) is 29.1 Å². The topological polar surface area (TPSA) is 113 Å². The van der Waals surface area contributed by atoms with E-state index in [-0.39, 0.29) is 16.5 Å². The number of aromatic nitrogens is 2. The van der Waals surface area contributed by atoms with E-state index in [4.69, 9.17) is 9.47 Å². The highest BCUT2D eigenvalue weighted by Gasteiger charge is 2.26. The molecule has 1 atom stereocenters. The van der Waals surface area contributed by atoms with Gasteiger partial charge in [-0.3, -0.25) is 0 Å². The van der Waals surface area contributed by atoms with Crippen LogP contribution in [0.1, 0.15) is 31.9 Å². The van der Waals surface area contributed by atoms with Crippen LogP contribution in [0.15, 0.2) is 46.1 Å². The lowest BCUT2D eigenvalue weighted by molar-refractivity contribution is 0.297. The standard InChI is InChI=1S/C20H23N3O5S/c1-12(2)19(13-4-7-17-18(10-13)28-9-3-8-27-17)23-29(25,26)14-5-6-15-16(11-14)22-20(24)21-15/h4-7,10-12,19,23H,3,8-9H2,1-2H3,(H2,21,22,24)/t19-/m0/s1. The molecule has 0 aliphatic carbocycles. The molecular weight excluding hydrogens is 394 g/mol. The number of nitrogens with one attached hydrogen (secondary N) is 3. The normalized spacial score (nSPS) is 15.4. The zero-order valence-corrected chi connectivity index (χ0v) is 17.0. The fourth-order valence-corrected chi connectivity index (χ4v) is 4.78. The molecule has 2 heterocycles. The van der Waals surface area contributed by atoms with E-state index in [9.17, 15) is 13.2 Å². The number of aromatic amines is 2. The minimum atomic E-state index is -3.82. The Morgan fingerprint density at radius 2 is 1.69 bits per heavy atom. The van der Waals surface area contributed by atoms with Crippen LogP contribution in [0.3, 0.4) is 0 Å². The molecule has 0 unspecified atom stereocenters. The molecule has 0 fully saturated rings. The zero-order valence-electron chi connectivity index (χ0n) is 16.2. The molecule has 29 heavy (non-hydrogen) atoms. The number of benzene rings is 2. The molecule has 0 radical (unpaired) electrons. The van der Waals surface area contributed by atoms with Crippen LogP contribution in [0, 0.1) is 5.92 Å². The smallest absolute Gasteiger partial charge is 0.323 e. The van der Waals surface area contributed by atoms with Gasteiger partial charge in [0, 0.05) is 12.5 Å². The summed E-state index contributed by atoms with van der Waals surface area (Å²) in [5, 5.41) is 0. The highest BCUT2D eigenvalue weighted by atomic mass is 32.2. The number of sulfonamides is 1. The van der Waals surface area contributed by atoms with Gasteiger partial charge in [-0.05, 0) is 41.8 Å². The number of hydrogen-bond donors (Lipinski definition) is 3. The summed E-state index contributed by atoms with van der Waals surface area (Å²) in [6.07, 6.45) is 0.800. The summed E-state index contributed by atoms with van der Waals surface area (Å²) in [4.78, 5) is 16.7. The van der Waals surface area contributed by atoms with Crippen LogP contribution in [0.4, 0.5) is 0 Å². The Balaban J connectivity index is 1.66. The summed E-state index contributed by atoms with van der Waals surface area (Å²) in [5.41, 5.74) is 1.41. The first-order chi connectivity index (χ1) is 13.8. The number of ether oxygens (including phenoxy) is 2. The van der Waals surface area contributed by atoms with Gasteiger partial charge in [-0.25, -0.2) is 17.9 Å². The van der Waals surface area contributed by atoms with E-state index in [1.165, 1.54) is 12.1 Å². The van der Waals surface area contributed by atoms with Crippen LogP contribution < -0.4 is 19.9 Å². The first-order valence-corrected chi connectivity index (χ1v) is 11.0. The second-order valence-corrected chi connectivity index (χ2v) is 9.10. The van der Waals surface area contributed by atoms with Crippen LogP contribution >= 0.6 is 0 Å². The highest BCUT2D eigenvalue weighted by molar-refractivity contribution is 7.89. The van der Waals surface area contributed by atoms with Crippen LogP contribution in [-0.4, -0.2) is 31.6 Å². The Labute approximate surface area is 168 Å². The largest absolute Gasteiger partial charge is 0.490 e. The molecule has 4 rings (SSSR count). The molecule has 0 saturated heterocycles. The maximum absolute atomic E-state index is 13.0. The van der Waals surface area contributed by atoms with Crippen molar-refractivity contribution in [1.82, 2.24) is 14.7 Å². The molecule has 154 valence electrons. The Morgan fingerprint density at radius 3 is 2.45 bits per heavy atom. The van der Waals surface area contributed by atoms with Crippen molar-refractivity contribution < 1.29 is 17.9 Å². The van der Waals surface area contributed by atoms with Crippen molar-refractivity contribution >= 4 is 21.1 Å². The van der Waals surface area contributed by atoms with Gasteiger partial charge in [0.1, 0.15) is 0 Å². The van der Waals surface area contributed by atoms with Crippen molar-refractivity contribution in [2.24, 2.45) is 5.92 Å². The van der Waals surface area contributed by atoms with E-state index in [0.29, 0.717) is 35.7 Å². The molecule has 8 nitrogen and oxygen atoms in total. The maximum Gasteiger partial charge on any atom is 0.323 e. The average molecular weight is 417 g/mol. The first-order valence-electron chi connectivity index (χ1n) is 9.47. The minimum Gasteiger partial charge on any atom is -0.490 e. The van der Waals surface area contributed by atoms with Gasteiger partial charge >= 0.3 is 5.69 Å². The summed E-state index contributed by atoms with van der Waals surface area (Å²) in [6, 6.07) is 9.53. The van der Waals surface area contributed by atoms with Crippen LogP contribution in [-0.2, 0) is 10.0 Å². The summed E-state index contributed by atoms with van der Waals surface area (Å²) < 4.78 is 40.3. The van der Waals surface area contributed by atoms with Crippen LogP contribution in [0.25, 0.3) is 11.0 Å². The zero-order chi connectivity index (χ0) is 20.6. The number of H-pyrrole nitrogens is 2. The Kier molecular flexibility index (Phi) is 5.10. The Hall–Kier alpha value is -2.78. The Bertz CT molecular complexity index is 1200. The minimum absolute atomic E-state index is 0.00896. The second-order valence-electron chi connectivity index (χ2n) is 7.39. The summed E-state index contributed by atoms with van der Waals surface area (Å²) >= 11 is 0. The van der Waals surface area contributed by atoms with Crippen molar-refractivity contribution in [1.29, 1.82) is 0 Å². The third-order valence-electron chi connectivity index (χ3n) is 4.88. The lowest BCUT2D eigenvalue weighted by atomic mass is 9.97. The monoisotopic (exact) mass is 417 g/mol. The molecule has 0 bridgehead atoms. The molecule has 1 aromatic heterocycles. The average Bonchev–Trinajstić information content (AvgIpc) is 2.89. The highest BCUT2D eigenvalue weighted by Crippen LogP contribution is 2.34. The van der Waals surface area contributed by atoms with Gasteiger partial charge in [0.25, 0.3) is 0 Å². The van der Waals surface area contributed by atoms with Crippen molar-refractivity contribution in [3.63, 3.8) is 0 Å². The lowest BCUT2D eigenvalue weighted by Gasteiger charge is -2.23. The van der Waals surface area contributed by atoms with Crippen LogP contribution in [0.5, 0.6) is 11.5 Å². The first kappa shape index (κ1) is 19.5. The molecular formula is C20H23N3O5S. The maximum atomic E-state index is 13.0. The van der Waals surface area contributed by atoms with E-state index >= 15 is 0 Å². The second kappa shape index (κ2) is 7.57. The molecule has 3 aromatic rings. The van der Waals surface area contributed by atoms with Gasteiger partial charge in [0.2, 0.25) is 10.0 Å². The van der Waals surface area contributed by atoms with Crippen molar-refractivity contribution in [2.75, 3.05) is 13.2 Å². The third-order valence-corrected chi connectivity index (χ3v) is 6.32. The quantitative estimate of drug-likeness (QED) is 0.591. The van der Waals surface area contributed by atoms with Gasteiger partial charge in [-0.15, -0.1) is 0 Å². The molecule has 0 amide bonds. The number of fused-ring (bicyclic) bond motifs is 2. The third kappa shape index (κ3) is 4.01. The predicted octanol–water partition coefficient (Wildman–Crippen LogP) is 2.69. The molecule has 0 saturated carbocycles. The lowest BCUT2D eigenvalue weighted by Crippen LogP contribution is -2.31. The molecule has 3 N–H and O–H groups in total. The van der Waals surface area contributed by atoms with Crippen molar-refractivity contribution in [3.05, 3.63) is 52.4 Å². The number of hydrogen-bond acceptors (Lipinski definition) is 5. The Morgan fingerprint density at radius 1 is 0.966 bits per heavy atom. The molecule has 1 aliphatic rings. The summed E-state index contributed by atoms with van der Waals surface area (Å²) in [7, 11) is -3.82. The number of rotatable bonds is 5. The molecule has 9 heteroatoms. The van der Waals surface area contributed by atoms with Gasteiger partial charge < -0.3 is 19.4 Å². The van der Waals surface area contributed by atoms with Crippen molar-refractivity contribution in [2.45, 2.75) is 31.2 Å². The molecule has 0 spiro atoms. The fraction of sp³-hybridized carbons (Fsp3) is 0.350. The van der Waals surface area contributed by atoms with E-state index in [1.54, 1.807) is 6.07 Å². The number of imidazole rings is 1.